The molecule has 0 aromatic carbocycles. The van der Waals surface area contributed by atoms with E-state index in [4.69, 9.17) is 0 Å². The number of rotatable bonds is 3. The van der Waals surface area contributed by atoms with Gasteiger partial charge in [0.05, 0.1) is 0 Å². The standard InChI is InChI=1S/C15H24N2S/c1-15(2,3)13-4-5-14(17-11-13)16-10-12-6-8-18-9-7-12/h4-5,11-12H,6-10H2,1-3H3,(H,16,17). The zero-order chi connectivity index (χ0) is 13.0. The number of thioether (sulfide) groups is 1. The summed E-state index contributed by atoms with van der Waals surface area (Å²) in [6.07, 6.45) is 4.69. The number of hydrogen-bond donors (Lipinski definition) is 1. The second-order valence-electron chi connectivity index (χ2n) is 6.12. The maximum Gasteiger partial charge on any atom is 0.125 e. The molecule has 0 amide bonds. The van der Waals surface area contributed by atoms with Crippen LogP contribution in [0.1, 0.15) is 39.2 Å². The van der Waals surface area contributed by atoms with Crippen LogP contribution in [-0.4, -0.2) is 23.0 Å². The van der Waals surface area contributed by atoms with E-state index in [1.54, 1.807) is 0 Å². The summed E-state index contributed by atoms with van der Waals surface area (Å²) < 4.78 is 0. The fourth-order valence-electron chi connectivity index (χ4n) is 2.14. The Bertz CT molecular complexity index is 361. The van der Waals surface area contributed by atoms with Gasteiger partial charge in [-0.15, -0.1) is 0 Å². The molecule has 3 heteroatoms. The first kappa shape index (κ1) is 13.7. The second-order valence-corrected chi connectivity index (χ2v) is 7.34. The van der Waals surface area contributed by atoms with Gasteiger partial charge in [-0.2, -0.15) is 11.8 Å². The summed E-state index contributed by atoms with van der Waals surface area (Å²) in [6.45, 7) is 7.73. The Morgan fingerprint density at radius 3 is 2.56 bits per heavy atom. The lowest BCUT2D eigenvalue weighted by Crippen LogP contribution is -2.19. The molecular formula is C15H24N2S. The van der Waals surface area contributed by atoms with Crippen molar-refractivity contribution in [3.05, 3.63) is 23.9 Å². The number of pyridine rings is 1. The van der Waals surface area contributed by atoms with Gasteiger partial charge in [0.1, 0.15) is 5.82 Å². The van der Waals surface area contributed by atoms with Gasteiger partial charge in [-0.1, -0.05) is 26.8 Å². The van der Waals surface area contributed by atoms with Crippen LogP contribution in [-0.2, 0) is 5.41 Å². The van der Waals surface area contributed by atoms with Gasteiger partial charge in [-0.3, -0.25) is 0 Å². The minimum atomic E-state index is 0.187. The Hall–Kier alpha value is -0.700. The normalized spacial score (nSPS) is 17.7. The van der Waals surface area contributed by atoms with Crippen molar-refractivity contribution in [1.82, 2.24) is 4.98 Å². The lowest BCUT2D eigenvalue weighted by Gasteiger charge is -2.22. The van der Waals surface area contributed by atoms with E-state index in [1.807, 2.05) is 6.20 Å². The molecule has 0 unspecified atom stereocenters. The molecular weight excluding hydrogens is 240 g/mol. The Kier molecular flexibility index (Phi) is 4.55. The van der Waals surface area contributed by atoms with Gasteiger partial charge in [-0.05, 0) is 47.3 Å². The summed E-state index contributed by atoms with van der Waals surface area (Å²) in [4.78, 5) is 4.51. The van der Waals surface area contributed by atoms with Crippen LogP contribution in [0.5, 0.6) is 0 Å². The first-order valence-electron chi connectivity index (χ1n) is 6.84. The van der Waals surface area contributed by atoms with Gasteiger partial charge in [0, 0.05) is 12.7 Å². The smallest absolute Gasteiger partial charge is 0.125 e. The summed E-state index contributed by atoms with van der Waals surface area (Å²) in [6, 6.07) is 4.30. The van der Waals surface area contributed by atoms with Crippen molar-refractivity contribution < 1.29 is 0 Å². The molecule has 0 saturated carbocycles. The Morgan fingerprint density at radius 1 is 1.28 bits per heavy atom. The summed E-state index contributed by atoms with van der Waals surface area (Å²) >= 11 is 2.08. The topological polar surface area (TPSA) is 24.9 Å². The summed E-state index contributed by atoms with van der Waals surface area (Å²) in [5.74, 6) is 4.49. The van der Waals surface area contributed by atoms with Crippen LogP contribution >= 0.6 is 11.8 Å². The Balaban J connectivity index is 1.86. The largest absolute Gasteiger partial charge is 0.370 e. The van der Waals surface area contributed by atoms with Crippen molar-refractivity contribution >= 4 is 17.6 Å². The highest BCUT2D eigenvalue weighted by atomic mass is 32.2. The summed E-state index contributed by atoms with van der Waals surface area (Å²) in [5, 5.41) is 3.47. The monoisotopic (exact) mass is 264 g/mol. The highest BCUT2D eigenvalue weighted by Gasteiger charge is 2.15. The molecule has 1 aromatic rings. The number of nitrogens with one attached hydrogen (secondary N) is 1. The first-order valence-corrected chi connectivity index (χ1v) is 7.99. The third kappa shape index (κ3) is 3.91. The van der Waals surface area contributed by atoms with Crippen molar-refractivity contribution in [2.75, 3.05) is 23.4 Å². The van der Waals surface area contributed by atoms with E-state index >= 15 is 0 Å². The highest BCUT2D eigenvalue weighted by molar-refractivity contribution is 7.99. The van der Waals surface area contributed by atoms with Gasteiger partial charge in [0.15, 0.2) is 0 Å². The SMILES string of the molecule is CC(C)(C)c1ccc(NCC2CCSCC2)nc1. The molecule has 1 aliphatic heterocycles. The van der Waals surface area contributed by atoms with Crippen LogP contribution < -0.4 is 5.32 Å². The molecule has 0 spiro atoms. The van der Waals surface area contributed by atoms with Crippen molar-refractivity contribution in [2.24, 2.45) is 5.92 Å². The summed E-state index contributed by atoms with van der Waals surface area (Å²) in [7, 11) is 0. The van der Waals surface area contributed by atoms with Crippen LogP contribution in [0, 0.1) is 5.92 Å². The fraction of sp³-hybridized carbons (Fsp3) is 0.667. The fourth-order valence-corrected chi connectivity index (χ4v) is 3.35. The molecule has 0 atom stereocenters. The third-order valence-corrected chi connectivity index (χ3v) is 4.59. The van der Waals surface area contributed by atoms with Gasteiger partial charge in [0.2, 0.25) is 0 Å². The van der Waals surface area contributed by atoms with Crippen molar-refractivity contribution in [3.8, 4) is 0 Å². The van der Waals surface area contributed by atoms with E-state index in [0.29, 0.717) is 0 Å². The van der Waals surface area contributed by atoms with Gasteiger partial charge < -0.3 is 5.32 Å². The summed E-state index contributed by atoms with van der Waals surface area (Å²) in [5.41, 5.74) is 1.48. The molecule has 1 aromatic heterocycles. The third-order valence-electron chi connectivity index (χ3n) is 3.54. The average molecular weight is 264 g/mol. The van der Waals surface area contributed by atoms with Crippen LogP contribution in [0.4, 0.5) is 5.82 Å². The van der Waals surface area contributed by atoms with Gasteiger partial charge in [0.25, 0.3) is 0 Å². The van der Waals surface area contributed by atoms with Crippen molar-refractivity contribution in [3.63, 3.8) is 0 Å². The molecule has 0 bridgehead atoms. The lowest BCUT2D eigenvalue weighted by atomic mass is 9.88. The predicted molar refractivity (Wildman–Crippen MR) is 81.5 cm³/mol. The van der Waals surface area contributed by atoms with Crippen LogP contribution in [0.2, 0.25) is 0 Å². The Morgan fingerprint density at radius 2 is 2.00 bits per heavy atom. The zero-order valence-electron chi connectivity index (χ0n) is 11.7. The molecule has 2 nitrogen and oxygen atoms in total. The van der Waals surface area contributed by atoms with E-state index in [9.17, 15) is 0 Å². The molecule has 2 rings (SSSR count). The lowest BCUT2D eigenvalue weighted by molar-refractivity contribution is 0.515. The van der Waals surface area contributed by atoms with Crippen LogP contribution in [0.15, 0.2) is 18.3 Å². The van der Waals surface area contributed by atoms with Crippen LogP contribution in [0.3, 0.4) is 0 Å². The molecule has 100 valence electrons. The van der Waals surface area contributed by atoms with E-state index < -0.39 is 0 Å². The second kappa shape index (κ2) is 5.96. The van der Waals surface area contributed by atoms with E-state index in [1.165, 1.54) is 29.9 Å². The molecule has 1 N–H and O–H groups in total. The maximum atomic E-state index is 4.51. The molecule has 0 radical (unpaired) electrons. The molecule has 2 heterocycles. The van der Waals surface area contributed by atoms with Gasteiger partial charge in [-0.25, -0.2) is 4.98 Å². The minimum absolute atomic E-state index is 0.187. The highest BCUT2D eigenvalue weighted by Crippen LogP contribution is 2.24. The number of nitrogens with zero attached hydrogens (tertiary/aromatic N) is 1. The number of hydrogen-bond acceptors (Lipinski definition) is 3. The predicted octanol–water partition coefficient (Wildman–Crippen LogP) is 3.93. The molecule has 1 saturated heterocycles. The van der Waals surface area contributed by atoms with E-state index in [-0.39, 0.29) is 5.41 Å². The Labute approximate surface area is 115 Å². The minimum Gasteiger partial charge on any atom is -0.370 e. The van der Waals surface area contributed by atoms with Crippen LogP contribution in [0.25, 0.3) is 0 Å². The molecule has 18 heavy (non-hydrogen) atoms. The van der Waals surface area contributed by atoms with E-state index in [0.717, 1.165) is 18.3 Å². The number of aromatic nitrogens is 1. The number of anilines is 1. The maximum absolute atomic E-state index is 4.51. The van der Waals surface area contributed by atoms with Gasteiger partial charge >= 0.3 is 0 Å². The average Bonchev–Trinajstić information content (AvgIpc) is 2.37. The molecule has 1 aliphatic rings. The zero-order valence-corrected chi connectivity index (χ0v) is 12.5. The molecule has 0 aliphatic carbocycles. The van der Waals surface area contributed by atoms with Crippen molar-refractivity contribution in [2.45, 2.75) is 39.0 Å². The first-order chi connectivity index (χ1) is 8.55. The molecule has 1 fully saturated rings. The van der Waals surface area contributed by atoms with E-state index in [2.05, 4.69) is 55.0 Å². The van der Waals surface area contributed by atoms with Crippen molar-refractivity contribution in [1.29, 1.82) is 0 Å². The quantitative estimate of drug-likeness (QED) is 0.895.